The van der Waals surface area contributed by atoms with Crippen LogP contribution in [0.3, 0.4) is 0 Å². The zero-order valence-electron chi connectivity index (χ0n) is 21.3. The normalized spacial score (nSPS) is 21.4. The summed E-state index contributed by atoms with van der Waals surface area (Å²) in [5.74, 6) is -2.01. The molecule has 5 rings (SSSR count). The Kier molecular flexibility index (Phi) is 7.81. The number of carbonyl (C=O) groups is 4. The molecule has 11 nitrogen and oxygen atoms in total. The van der Waals surface area contributed by atoms with Gasteiger partial charge in [0.05, 0.1) is 6.61 Å². The number of carboxylic acid groups (broad SMARTS) is 1. The Morgan fingerprint density at radius 2 is 1.90 bits per heavy atom. The Morgan fingerprint density at radius 1 is 1.12 bits per heavy atom. The first-order chi connectivity index (χ1) is 19.3. The number of fused-ring (bicyclic) bond motifs is 1. The first-order valence-electron chi connectivity index (χ1n) is 12.6. The van der Waals surface area contributed by atoms with E-state index in [0.29, 0.717) is 46.6 Å². The number of allylic oxidation sites excluding steroid dienone is 1. The van der Waals surface area contributed by atoms with Gasteiger partial charge >= 0.3 is 5.97 Å². The van der Waals surface area contributed by atoms with Crippen molar-refractivity contribution in [2.45, 2.75) is 30.9 Å². The molecule has 2 saturated heterocycles. The molecule has 0 aliphatic carbocycles. The molecule has 2 aromatic rings. The molecule has 3 aliphatic heterocycles. The van der Waals surface area contributed by atoms with E-state index in [4.69, 9.17) is 9.84 Å². The smallest absolute Gasteiger partial charge is 0.352 e. The largest absolute Gasteiger partial charge is 0.508 e. The van der Waals surface area contributed by atoms with Crippen LogP contribution in [0.25, 0.3) is 0 Å². The van der Waals surface area contributed by atoms with Crippen molar-refractivity contribution in [1.29, 1.82) is 0 Å². The molecule has 40 heavy (non-hydrogen) atoms. The fraction of sp³-hybridized carbons (Fsp3) is 0.286. The molecule has 0 spiro atoms. The highest BCUT2D eigenvalue weighted by Crippen LogP contribution is 2.43. The lowest BCUT2D eigenvalue weighted by atomic mass is 9.90. The van der Waals surface area contributed by atoms with Gasteiger partial charge in [-0.2, -0.15) is 0 Å². The van der Waals surface area contributed by atoms with E-state index < -0.39 is 29.2 Å². The highest BCUT2D eigenvalue weighted by atomic mass is 32.2. The van der Waals surface area contributed by atoms with E-state index >= 15 is 0 Å². The average Bonchev–Trinajstić information content (AvgIpc) is 3.38. The SMILES string of the molecule is O=C(COc1ccc(CO)cc1)N[C@@H]1C(=O)N2C(C(=O)O)=C(C(Cc3cccc(O)c3)=C3CCNC3=O)CS[C@H]12. The number of hydrogen-bond acceptors (Lipinski definition) is 8. The molecule has 0 unspecified atom stereocenters. The second kappa shape index (κ2) is 11.4. The first-order valence-corrected chi connectivity index (χ1v) is 13.6. The first kappa shape index (κ1) is 27.3. The molecule has 3 aliphatic rings. The van der Waals surface area contributed by atoms with Gasteiger partial charge in [-0.1, -0.05) is 24.3 Å². The molecular formula is C28H27N3O8S. The fourth-order valence-electron chi connectivity index (χ4n) is 4.98. The standard InChI is InChI=1S/C28H27N3O8S/c32-12-15-4-6-18(7-5-15)39-13-22(34)30-23-26(36)31-24(28(37)38)21(14-40-27(23)31)20(19-8-9-29-25(19)35)11-16-2-1-3-17(33)10-16/h1-7,10,23,27,32-33H,8-9,11-14H2,(H,29,35)(H,30,34)(H,37,38)/t23-,27-/m1/s1. The average molecular weight is 566 g/mol. The number of nitrogens with zero attached hydrogens (tertiary/aromatic N) is 1. The number of thioether (sulfide) groups is 1. The molecule has 208 valence electrons. The molecule has 0 bridgehead atoms. The number of aromatic hydroxyl groups is 1. The van der Waals surface area contributed by atoms with Gasteiger partial charge in [-0.05, 0) is 59.4 Å². The van der Waals surface area contributed by atoms with Crippen LogP contribution in [-0.4, -0.2) is 74.2 Å². The molecule has 2 fully saturated rings. The van der Waals surface area contributed by atoms with Crippen molar-refractivity contribution in [3.63, 3.8) is 0 Å². The van der Waals surface area contributed by atoms with E-state index in [1.807, 2.05) is 0 Å². The van der Waals surface area contributed by atoms with Crippen LogP contribution in [-0.2, 0) is 32.2 Å². The molecule has 2 aromatic carbocycles. The van der Waals surface area contributed by atoms with Crippen LogP contribution in [0.5, 0.6) is 11.5 Å². The molecular weight excluding hydrogens is 538 g/mol. The van der Waals surface area contributed by atoms with Crippen LogP contribution in [0.1, 0.15) is 17.5 Å². The highest BCUT2D eigenvalue weighted by Gasteiger charge is 2.54. The molecule has 0 saturated carbocycles. The predicted molar refractivity (Wildman–Crippen MR) is 144 cm³/mol. The monoisotopic (exact) mass is 565 g/mol. The summed E-state index contributed by atoms with van der Waals surface area (Å²) < 4.78 is 5.46. The van der Waals surface area contributed by atoms with E-state index in [9.17, 15) is 29.4 Å². The molecule has 12 heteroatoms. The lowest BCUT2D eigenvalue weighted by molar-refractivity contribution is -0.150. The van der Waals surface area contributed by atoms with Gasteiger partial charge in [-0.15, -0.1) is 11.8 Å². The molecule has 5 N–H and O–H groups in total. The number of benzene rings is 2. The maximum Gasteiger partial charge on any atom is 0.352 e. The Balaban J connectivity index is 1.36. The van der Waals surface area contributed by atoms with Crippen molar-refractivity contribution < 1.29 is 39.2 Å². The summed E-state index contributed by atoms with van der Waals surface area (Å²) >= 11 is 1.31. The molecule has 3 amide bonds. The Hall–Kier alpha value is -4.29. The number of amides is 3. The van der Waals surface area contributed by atoms with Gasteiger partial charge in [-0.25, -0.2) is 4.79 Å². The number of aliphatic hydroxyl groups is 1. The third-order valence-electron chi connectivity index (χ3n) is 6.92. The topological polar surface area (TPSA) is 166 Å². The van der Waals surface area contributed by atoms with Gasteiger partial charge < -0.3 is 30.7 Å². The number of carbonyl (C=O) groups excluding carboxylic acids is 3. The number of carboxylic acids is 1. The zero-order valence-corrected chi connectivity index (χ0v) is 22.1. The number of nitrogens with one attached hydrogen (secondary N) is 2. The van der Waals surface area contributed by atoms with Gasteiger partial charge in [0.15, 0.2) is 6.61 Å². The van der Waals surface area contributed by atoms with Crippen molar-refractivity contribution in [3.8, 4) is 11.5 Å². The minimum Gasteiger partial charge on any atom is -0.508 e. The van der Waals surface area contributed by atoms with E-state index in [2.05, 4.69) is 10.6 Å². The van der Waals surface area contributed by atoms with Crippen LogP contribution in [0.2, 0.25) is 0 Å². The summed E-state index contributed by atoms with van der Waals surface area (Å²) in [6, 6.07) is 12.1. The number of β-lactam (4-membered cyclic amide) rings is 1. The maximum atomic E-state index is 13.2. The lowest BCUT2D eigenvalue weighted by Crippen LogP contribution is -2.70. The third-order valence-corrected chi connectivity index (χ3v) is 8.20. The van der Waals surface area contributed by atoms with Gasteiger partial charge in [-0.3, -0.25) is 19.3 Å². The van der Waals surface area contributed by atoms with E-state index in [1.54, 1.807) is 42.5 Å². The van der Waals surface area contributed by atoms with Crippen molar-refractivity contribution in [2.24, 2.45) is 0 Å². The zero-order chi connectivity index (χ0) is 28.4. The van der Waals surface area contributed by atoms with Crippen LogP contribution < -0.4 is 15.4 Å². The number of aliphatic carboxylic acids is 1. The number of hydrogen-bond donors (Lipinski definition) is 5. The minimum atomic E-state index is -1.31. The van der Waals surface area contributed by atoms with Gasteiger partial charge in [0.25, 0.3) is 11.8 Å². The quantitative estimate of drug-likeness (QED) is 0.221. The molecule has 0 radical (unpaired) electrons. The summed E-state index contributed by atoms with van der Waals surface area (Å²) in [5, 5.41) is 34.0. The second-order valence-corrected chi connectivity index (χ2v) is 10.6. The van der Waals surface area contributed by atoms with Crippen molar-refractivity contribution in [1.82, 2.24) is 15.5 Å². The summed E-state index contributed by atoms with van der Waals surface area (Å²) in [5.41, 5.74) is 2.53. The number of aliphatic hydroxyl groups excluding tert-OH is 1. The lowest BCUT2D eigenvalue weighted by Gasteiger charge is -2.49. The molecule has 0 aromatic heterocycles. The van der Waals surface area contributed by atoms with Gasteiger partial charge in [0.2, 0.25) is 5.91 Å². The molecule has 2 atom stereocenters. The summed E-state index contributed by atoms with van der Waals surface area (Å²) in [6.07, 6.45) is 0.611. The minimum absolute atomic E-state index is 0.0471. The summed E-state index contributed by atoms with van der Waals surface area (Å²) in [7, 11) is 0. The highest BCUT2D eigenvalue weighted by molar-refractivity contribution is 8.00. The van der Waals surface area contributed by atoms with E-state index in [1.165, 1.54) is 22.7 Å². The van der Waals surface area contributed by atoms with Crippen molar-refractivity contribution >= 4 is 35.5 Å². The van der Waals surface area contributed by atoms with Crippen LogP contribution in [0.15, 0.2) is 70.9 Å². The maximum absolute atomic E-state index is 13.2. The number of rotatable bonds is 9. The van der Waals surface area contributed by atoms with E-state index in [-0.39, 0.29) is 42.7 Å². The molecule has 3 heterocycles. The van der Waals surface area contributed by atoms with E-state index in [0.717, 1.165) is 0 Å². The number of phenols is 1. The predicted octanol–water partition coefficient (Wildman–Crippen LogP) is 1.06. The van der Waals surface area contributed by atoms with Gasteiger partial charge in [0, 0.05) is 17.9 Å². The van der Waals surface area contributed by atoms with Crippen molar-refractivity contribution in [2.75, 3.05) is 18.9 Å². The fourth-order valence-corrected chi connectivity index (χ4v) is 6.36. The van der Waals surface area contributed by atoms with Crippen LogP contribution in [0, 0.1) is 0 Å². The summed E-state index contributed by atoms with van der Waals surface area (Å²) in [4.78, 5) is 52.0. The second-order valence-electron chi connectivity index (χ2n) is 9.49. The van der Waals surface area contributed by atoms with Crippen molar-refractivity contribution in [3.05, 3.63) is 82.1 Å². The van der Waals surface area contributed by atoms with Crippen LogP contribution in [0.4, 0.5) is 0 Å². The summed E-state index contributed by atoms with van der Waals surface area (Å²) in [6.45, 7) is -0.0361. The number of phenolic OH excluding ortho intramolecular Hbond substituents is 1. The number of ether oxygens (including phenoxy) is 1. The third kappa shape index (κ3) is 5.40. The Bertz CT molecular complexity index is 1440. The van der Waals surface area contributed by atoms with Gasteiger partial charge in [0.1, 0.15) is 28.6 Å². The van der Waals surface area contributed by atoms with Crippen LogP contribution >= 0.6 is 11.8 Å². The Morgan fingerprint density at radius 3 is 2.55 bits per heavy atom. The Labute approximate surface area is 233 Å².